The van der Waals surface area contributed by atoms with E-state index >= 15 is 0 Å². The summed E-state index contributed by atoms with van der Waals surface area (Å²) in [5.41, 5.74) is 1.87. The van der Waals surface area contributed by atoms with Crippen molar-refractivity contribution in [3.05, 3.63) is 53.7 Å². The lowest BCUT2D eigenvalue weighted by Crippen LogP contribution is -2.41. The lowest BCUT2D eigenvalue weighted by atomic mass is 10.2. The lowest BCUT2D eigenvalue weighted by molar-refractivity contribution is 0.0588. The average molecular weight is 349 g/mol. The SMILES string of the molecule is C[C@H]1c2nc(-c3ccccc3)nn2CCN1C(=O)c1cc(C2CC2)no1. The molecule has 0 spiro atoms. The summed E-state index contributed by atoms with van der Waals surface area (Å²) in [6.07, 6.45) is 2.26. The zero-order valence-electron chi connectivity index (χ0n) is 14.5. The minimum atomic E-state index is -0.171. The summed E-state index contributed by atoms with van der Waals surface area (Å²) in [6.45, 7) is 3.17. The van der Waals surface area contributed by atoms with Crippen LogP contribution in [0, 0.1) is 0 Å². The predicted octanol–water partition coefficient (Wildman–Crippen LogP) is 3.03. The summed E-state index contributed by atoms with van der Waals surface area (Å²) in [7, 11) is 0. The molecule has 132 valence electrons. The topological polar surface area (TPSA) is 77.1 Å². The molecule has 1 atom stereocenters. The number of carbonyl (C=O) groups is 1. The number of rotatable bonds is 3. The number of aromatic nitrogens is 4. The molecule has 0 saturated heterocycles. The summed E-state index contributed by atoms with van der Waals surface area (Å²) in [4.78, 5) is 19.4. The zero-order chi connectivity index (χ0) is 17.7. The summed E-state index contributed by atoms with van der Waals surface area (Å²) in [6, 6.07) is 11.5. The van der Waals surface area contributed by atoms with Gasteiger partial charge >= 0.3 is 0 Å². The van der Waals surface area contributed by atoms with Crippen LogP contribution in [0.3, 0.4) is 0 Å². The Kier molecular flexibility index (Phi) is 3.41. The molecule has 1 amide bonds. The Morgan fingerprint density at radius 2 is 2.00 bits per heavy atom. The normalized spacial score (nSPS) is 19.4. The van der Waals surface area contributed by atoms with Crippen molar-refractivity contribution in [2.45, 2.75) is 38.3 Å². The summed E-state index contributed by atoms with van der Waals surface area (Å²) in [5, 5.41) is 8.66. The van der Waals surface area contributed by atoms with Crippen LogP contribution in [0.4, 0.5) is 0 Å². The van der Waals surface area contributed by atoms with E-state index in [4.69, 9.17) is 4.52 Å². The molecule has 0 radical (unpaired) electrons. The van der Waals surface area contributed by atoms with Crippen LogP contribution < -0.4 is 0 Å². The Labute approximate surface area is 150 Å². The van der Waals surface area contributed by atoms with Gasteiger partial charge in [-0.05, 0) is 19.8 Å². The highest BCUT2D eigenvalue weighted by molar-refractivity contribution is 5.91. The molecule has 1 aliphatic carbocycles. The van der Waals surface area contributed by atoms with Crippen LogP contribution in [0.15, 0.2) is 40.9 Å². The molecule has 1 aromatic carbocycles. The number of hydrogen-bond acceptors (Lipinski definition) is 5. The molecule has 5 rings (SSSR count). The molecule has 0 unspecified atom stereocenters. The van der Waals surface area contributed by atoms with Gasteiger partial charge in [0.2, 0.25) is 5.76 Å². The van der Waals surface area contributed by atoms with Crippen molar-refractivity contribution in [2.24, 2.45) is 0 Å². The van der Waals surface area contributed by atoms with E-state index in [1.165, 1.54) is 0 Å². The molecule has 0 N–H and O–H groups in total. The molecule has 26 heavy (non-hydrogen) atoms. The minimum absolute atomic E-state index is 0.132. The predicted molar refractivity (Wildman–Crippen MR) is 93.4 cm³/mol. The first-order valence-electron chi connectivity index (χ1n) is 8.98. The molecular weight excluding hydrogens is 330 g/mol. The molecule has 3 aromatic rings. The molecular formula is C19H19N5O2. The monoisotopic (exact) mass is 349 g/mol. The van der Waals surface area contributed by atoms with Crippen LogP contribution in [0.1, 0.15) is 53.8 Å². The van der Waals surface area contributed by atoms with E-state index in [0.717, 1.165) is 29.9 Å². The molecule has 1 aliphatic heterocycles. The maximum absolute atomic E-state index is 12.9. The van der Waals surface area contributed by atoms with Crippen molar-refractivity contribution in [1.82, 2.24) is 24.8 Å². The Balaban J connectivity index is 1.41. The van der Waals surface area contributed by atoms with Gasteiger partial charge in [0.15, 0.2) is 5.82 Å². The second kappa shape index (κ2) is 5.79. The van der Waals surface area contributed by atoms with E-state index in [2.05, 4.69) is 15.2 Å². The van der Waals surface area contributed by atoms with E-state index in [9.17, 15) is 4.79 Å². The molecule has 1 saturated carbocycles. The van der Waals surface area contributed by atoms with Gasteiger partial charge in [-0.3, -0.25) is 4.79 Å². The van der Waals surface area contributed by atoms with E-state index < -0.39 is 0 Å². The van der Waals surface area contributed by atoms with Crippen LogP contribution in [0.25, 0.3) is 11.4 Å². The van der Waals surface area contributed by atoms with Gasteiger partial charge in [0.1, 0.15) is 5.82 Å². The fraction of sp³-hybridized carbons (Fsp3) is 0.368. The summed E-state index contributed by atoms with van der Waals surface area (Å²) in [5.74, 6) is 2.14. The third-order valence-electron chi connectivity index (χ3n) is 5.12. The van der Waals surface area contributed by atoms with Gasteiger partial charge in [-0.2, -0.15) is 5.10 Å². The van der Waals surface area contributed by atoms with E-state index in [-0.39, 0.29) is 11.9 Å². The van der Waals surface area contributed by atoms with Gasteiger partial charge in [-0.25, -0.2) is 9.67 Å². The second-order valence-electron chi connectivity index (χ2n) is 6.95. The number of benzene rings is 1. The molecule has 7 heteroatoms. The lowest BCUT2D eigenvalue weighted by Gasteiger charge is -2.32. The molecule has 3 heterocycles. The highest BCUT2D eigenvalue weighted by Crippen LogP contribution is 2.39. The maximum Gasteiger partial charge on any atom is 0.293 e. The fourth-order valence-electron chi connectivity index (χ4n) is 3.45. The van der Waals surface area contributed by atoms with Crippen LogP contribution in [-0.4, -0.2) is 37.3 Å². The molecule has 7 nitrogen and oxygen atoms in total. The Hall–Kier alpha value is -2.96. The fourth-order valence-corrected chi connectivity index (χ4v) is 3.45. The van der Waals surface area contributed by atoms with Crippen LogP contribution in [0.5, 0.6) is 0 Å². The molecule has 2 aliphatic rings. The first-order chi connectivity index (χ1) is 12.7. The molecule has 1 fully saturated rings. The van der Waals surface area contributed by atoms with Gasteiger partial charge in [0.05, 0.1) is 18.3 Å². The van der Waals surface area contributed by atoms with E-state index in [1.807, 2.05) is 41.9 Å². The van der Waals surface area contributed by atoms with E-state index in [0.29, 0.717) is 30.6 Å². The maximum atomic E-state index is 12.9. The third kappa shape index (κ3) is 2.51. The van der Waals surface area contributed by atoms with Gasteiger partial charge in [-0.1, -0.05) is 35.5 Å². The highest BCUT2D eigenvalue weighted by Gasteiger charge is 2.34. The Morgan fingerprint density at radius 3 is 2.77 bits per heavy atom. The summed E-state index contributed by atoms with van der Waals surface area (Å²) < 4.78 is 7.20. The van der Waals surface area contributed by atoms with Crippen LogP contribution >= 0.6 is 0 Å². The standard InChI is InChI=1S/C19H19N5O2/c1-12-18-20-17(14-5-3-2-4-6-14)21-24(18)10-9-23(12)19(25)16-11-15(22-26-16)13-7-8-13/h2-6,11-13H,7-10H2,1H3/t12-/m0/s1. The van der Waals surface area contributed by atoms with Gasteiger partial charge in [0.25, 0.3) is 5.91 Å². The van der Waals surface area contributed by atoms with Crippen LogP contribution in [-0.2, 0) is 6.54 Å². The van der Waals surface area contributed by atoms with Crippen molar-refractivity contribution in [3.8, 4) is 11.4 Å². The van der Waals surface area contributed by atoms with Crippen LogP contribution in [0.2, 0.25) is 0 Å². The van der Waals surface area contributed by atoms with Gasteiger partial charge < -0.3 is 9.42 Å². The number of fused-ring (bicyclic) bond motifs is 1. The van der Waals surface area contributed by atoms with Gasteiger partial charge in [-0.15, -0.1) is 0 Å². The number of nitrogens with zero attached hydrogens (tertiary/aromatic N) is 5. The zero-order valence-corrected chi connectivity index (χ0v) is 14.5. The number of hydrogen-bond donors (Lipinski definition) is 0. The first-order valence-corrected chi connectivity index (χ1v) is 8.98. The smallest absolute Gasteiger partial charge is 0.293 e. The molecule has 0 bridgehead atoms. The second-order valence-corrected chi connectivity index (χ2v) is 6.95. The Morgan fingerprint density at radius 1 is 1.19 bits per heavy atom. The molecule has 2 aromatic heterocycles. The van der Waals surface area contributed by atoms with E-state index in [1.54, 1.807) is 11.0 Å². The van der Waals surface area contributed by atoms with Crippen molar-refractivity contribution in [3.63, 3.8) is 0 Å². The quantitative estimate of drug-likeness (QED) is 0.726. The van der Waals surface area contributed by atoms with Gasteiger partial charge in [0, 0.05) is 24.1 Å². The first kappa shape index (κ1) is 15.3. The third-order valence-corrected chi connectivity index (χ3v) is 5.12. The summed E-state index contributed by atoms with van der Waals surface area (Å²) >= 11 is 0. The average Bonchev–Trinajstić information content (AvgIpc) is 3.23. The minimum Gasteiger partial charge on any atom is -0.351 e. The van der Waals surface area contributed by atoms with Crippen molar-refractivity contribution >= 4 is 5.91 Å². The number of amides is 1. The van der Waals surface area contributed by atoms with Crippen molar-refractivity contribution in [2.75, 3.05) is 6.54 Å². The number of carbonyl (C=O) groups excluding carboxylic acids is 1. The highest BCUT2D eigenvalue weighted by atomic mass is 16.5. The van der Waals surface area contributed by atoms with Crippen molar-refractivity contribution in [1.29, 1.82) is 0 Å². The largest absolute Gasteiger partial charge is 0.351 e. The Bertz CT molecular complexity index is 957. The van der Waals surface area contributed by atoms with Crippen molar-refractivity contribution < 1.29 is 9.32 Å².